The smallest absolute Gasteiger partial charge is 0.119 e. The van der Waals surface area contributed by atoms with Gasteiger partial charge >= 0.3 is 0 Å². The van der Waals surface area contributed by atoms with Crippen molar-refractivity contribution in [2.75, 3.05) is 12.4 Å². The zero-order chi connectivity index (χ0) is 12.6. The van der Waals surface area contributed by atoms with Gasteiger partial charge in [0.1, 0.15) is 11.5 Å². The standard InChI is InChI=1S/C15H16O2S/c16-13-6-4-9-15(12-13)18-11-5-10-17-14-7-2-1-3-8-14/h1-4,6-9,12,16H,5,10-11H2. The molecule has 1 N–H and O–H groups in total. The van der Waals surface area contributed by atoms with E-state index in [4.69, 9.17) is 4.74 Å². The molecule has 0 saturated heterocycles. The van der Waals surface area contributed by atoms with Gasteiger partial charge in [-0.25, -0.2) is 0 Å². The molecule has 0 aliphatic rings. The third-order valence-electron chi connectivity index (χ3n) is 2.39. The summed E-state index contributed by atoms with van der Waals surface area (Å²) in [5, 5.41) is 9.33. The van der Waals surface area contributed by atoms with Gasteiger partial charge in [0, 0.05) is 10.6 Å². The van der Waals surface area contributed by atoms with E-state index >= 15 is 0 Å². The molecule has 0 aliphatic heterocycles. The zero-order valence-corrected chi connectivity index (χ0v) is 10.9. The lowest BCUT2D eigenvalue weighted by Gasteiger charge is -2.05. The highest BCUT2D eigenvalue weighted by Gasteiger charge is 1.96. The first-order valence-electron chi connectivity index (χ1n) is 5.94. The largest absolute Gasteiger partial charge is 0.508 e. The number of phenolic OH excluding ortho intramolecular Hbond substituents is 1. The Balaban J connectivity index is 1.65. The number of hydrogen-bond acceptors (Lipinski definition) is 3. The van der Waals surface area contributed by atoms with Crippen LogP contribution in [-0.2, 0) is 0 Å². The summed E-state index contributed by atoms with van der Waals surface area (Å²) in [6.07, 6.45) is 0.981. The third kappa shape index (κ3) is 4.34. The van der Waals surface area contributed by atoms with Gasteiger partial charge in [-0.3, -0.25) is 0 Å². The summed E-state index contributed by atoms with van der Waals surface area (Å²) in [4.78, 5) is 1.09. The van der Waals surface area contributed by atoms with Crippen LogP contribution in [0.1, 0.15) is 6.42 Å². The number of hydrogen-bond donors (Lipinski definition) is 1. The maximum Gasteiger partial charge on any atom is 0.119 e. The Morgan fingerprint density at radius 2 is 1.83 bits per heavy atom. The highest BCUT2D eigenvalue weighted by molar-refractivity contribution is 7.99. The molecule has 0 fully saturated rings. The number of thioether (sulfide) groups is 1. The Bertz CT molecular complexity index is 471. The van der Waals surface area contributed by atoms with Gasteiger partial charge in [0.25, 0.3) is 0 Å². The van der Waals surface area contributed by atoms with E-state index in [9.17, 15) is 5.11 Å². The first-order chi connectivity index (χ1) is 8.84. The number of aromatic hydroxyl groups is 1. The van der Waals surface area contributed by atoms with Crippen molar-refractivity contribution < 1.29 is 9.84 Å². The van der Waals surface area contributed by atoms with Crippen LogP contribution < -0.4 is 4.74 Å². The second kappa shape index (κ2) is 6.97. The van der Waals surface area contributed by atoms with Gasteiger partial charge in [-0.15, -0.1) is 11.8 Å². The average molecular weight is 260 g/mol. The summed E-state index contributed by atoms with van der Waals surface area (Å²) >= 11 is 1.73. The second-order valence-electron chi connectivity index (χ2n) is 3.86. The SMILES string of the molecule is Oc1cccc(SCCCOc2ccccc2)c1. The van der Waals surface area contributed by atoms with Crippen LogP contribution in [0, 0.1) is 0 Å². The maximum absolute atomic E-state index is 9.33. The number of benzene rings is 2. The van der Waals surface area contributed by atoms with Crippen molar-refractivity contribution in [1.29, 1.82) is 0 Å². The van der Waals surface area contributed by atoms with Crippen LogP contribution in [0.3, 0.4) is 0 Å². The van der Waals surface area contributed by atoms with Crippen LogP contribution in [0.5, 0.6) is 11.5 Å². The molecule has 2 rings (SSSR count). The highest BCUT2D eigenvalue weighted by Crippen LogP contribution is 2.22. The van der Waals surface area contributed by atoms with Gasteiger partial charge in [0.2, 0.25) is 0 Å². The van der Waals surface area contributed by atoms with Crippen molar-refractivity contribution in [2.24, 2.45) is 0 Å². The number of rotatable bonds is 6. The van der Waals surface area contributed by atoms with Crippen LogP contribution in [0.2, 0.25) is 0 Å². The second-order valence-corrected chi connectivity index (χ2v) is 5.03. The first kappa shape index (κ1) is 12.8. The lowest BCUT2D eigenvalue weighted by molar-refractivity contribution is 0.319. The highest BCUT2D eigenvalue weighted by atomic mass is 32.2. The van der Waals surface area contributed by atoms with E-state index in [1.165, 1.54) is 0 Å². The van der Waals surface area contributed by atoms with Crippen LogP contribution in [-0.4, -0.2) is 17.5 Å². The van der Waals surface area contributed by atoms with E-state index in [1.807, 2.05) is 42.5 Å². The Morgan fingerprint density at radius 3 is 2.61 bits per heavy atom. The fraction of sp³-hybridized carbons (Fsp3) is 0.200. The summed E-state index contributed by atoms with van der Waals surface area (Å²) < 4.78 is 5.60. The van der Waals surface area contributed by atoms with Crippen LogP contribution in [0.15, 0.2) is 59.5 Å². The van der Waals surface area contributed by atoms with E-state index < -0.39 is 0 Å². The molecule has 0 aliphatic carbocycles. The molecule has 0 radical (unpaired) electrons. The minimum atomic E-state index is 0.320. The molecular weight excluding hydrogens is 244 g/mol. The number of phenols is 1. The molecule has 3 heteroatoms. The lowest BCUT2D eigenvalue weighted by Crippen LogP contribution is -1.98. The minimum absolute atomic E-state index is 0.320. The van der Waals surface area contributed by atoms with Gasteiger partial charge < -0.3 is 9.84 Å². The molecule has 0 saturated carbocycles. The molecule has 0 heterocycles. The third-order valence-corrected chi connectivity index (χ3v) is 3.47. The fourth-order valence-electron chi connectivity index (χ4n) is 1.53. The van der Waals surface area contributed by atoms with E-state index in [2.05, 4.69) is 0 Å². The summed E-state index contributed by atoms with van der Waals surface area (Å²) in [6.45, 7) is 0.718. The van der Waals surface area contributed by atoms with Crippen LogP contribution in [0.4, 0.5) is 0 Å². The summed E-state index contributed by atoms with van der Waals surface area (Å²) in [7, 11) is 0. The molecular formula is C15H16O2S. The van der Waals surface area contributed by atoms with Gasteiger partial charge in [-0.05, 0) is 36.8 Å². The molecule has 2 nitrogen and oxygen atoms in total. The molecule has 0 amide bonds. The summed E-state index contributed by atoms with van der Waals surface area (Å²) in [5.41, 5.74) is 0. The predicted molar refractivity (Wildman–Crippen MR) is 75.4 cm³/mol. The van der Waals surface area contributed by atoms with Gasteiger partial charge in [-0.1, -0.05) is 24.3 Å². The Kier molecular flexibility index (Phi) is 4.97. The molecule has 18 heavy (non-hydrogen) atoms. The van der Waals surface area contributed by atoms with Crippen molar-refractivity contribution in [3.05, 3.63) is 54.6 Å². The molecule has 0 unspecified atom stereocenters. The van der Waals surface area contributed by atoms with E-state index in [1.54, 1.807) is 23.9 Å². The topological polar surface area (TPSA) is 29.5 Å². The quantitative estimate of drug-likeness (QED) is 0.630. The molecule has 0 spiro atoms. The summed E-state index contributed by atoms with van der Waals surface area (Å²) in [5.74, 6) is 2.22. The Hall–Kier alpha value is -1.61. The number of para-hydroxylation sites is 1. The molecule has 0 aromatic heterocycles. The van der Waals surface area contributed by atoms with E-state index in [0.29, 0.717) is 5.75 Å². The zero-order valence-electron chi connectivity index (χ0n) is 10.1. The first-order valence-corrected chi connectivity index (χ1v) is 6.93. The van der Waals surface area contributed by atoms with Crippen molar-refractivity contribution in [2.45, 2.75) is 11.3 Å². The Labute approximate surface area is 112 Å². The maximum atomic E-state index is 9.33. The van der Waals surface area contributed by atoms with Gasteiger partial charge in [0.05, 0.1) is 6.61 Å². The van der Waals surface area contributed by atoms with Gasteiger partial charge in [-0.2, -0.15) is 0 Å². The molecule has 94 valence electrons. The monoisotopic (exact) mass is 260 g/mol. The fourth-order valence-corrected chi connectivity index (χ4v) is 2.41. The van der Waals surface area contributed by atoms with Crippen molar-refractivity contribution >= 4 is 11.8 Å². The molecule has 2 aromatic carbocycles. The summed E-state index contributed by atoms with van der Waals surface area (Å²) in [6, 6.07) is 17.2. The van der Waals surface area contributed by atoms with Crippen molar-refractivity contribution in [1.82, 2.24) is 0 Å². The lowest BCUT2D eigenvalue weighted by atomic mass is 10.3. The van der Waals surface area contributed by atoms with Crippen LogP contribution in [0.25, 0.3) is 0 Å². The number of ether oxygens (including phenoxy) is 1. The van der Waals surface area contributed by atoms with E-state index in [-0.39, 0.29) is 0 Å². The molecule has 2 aromatic rings. The molecule has 0 bridgehead atoms. The van der Waals surface area contributed by atoms with Crippen molar-refractivity contribution in [3.8, 4) is 11.5 Å². The van der Waals surface area contributed by atoms with Crippen LogP contribution >= 0.6 is 11.8 Å². The van der Waals surface area contributed by atoms with Crippen molar-refractivity contribution in [3.63, 3.8) is 0 Å². The normalized spacial score (nSPS) is 10.2. The Morgan fingerprint density at radius 1 is 1.00 bits per heavy atom. The van der Waals surface area contributed by atoms with Gasteiger partial charge in [0.15, 0.2) is 0 Å². The van der Waals surface area contributed by atoms with E-state index in [0.717, 1.165) is 29.4 Å². The molecule has 0 atom stereocenters. The predicted octanol–water partition coefficient (Wildman–Crippen LogP) is 3.95. The minimum Gasteiger partial charge on any atom is -0.508 e. The average Bonchev–Trinajstić information content (AvgIpc) is 2.40.